The van der Waals surface area contributed by atoms with Crippen LogP contribution in [0.5, 0.6) is 17.2 Å². The molecule has 0 fully saturated rings. The van der Waals surface area contributed by atoms with Gasteiger partial charge in [0.2, 0.25) is 0 Å². The molecule has 1 aromatic heterocycles. The molecule has 0 atom stereocenters. The Morgan fingerprint density at radius 2 is 1.69 bits per heavy atom. The standard InChI is InChI=1S/C22H23N3O4/c1-27-18-10-7-16(8-11-18)13-23-17-9-12-21(24-14-17)25-22(26)15-29-20-6-4-3-5-19(20)28-2/h3-12,14,23H,13,15H2,1-2H3,(H,24,25,26). The number of nitrogens with zero attached hydrogens (tertiary/aromatic N) is 1. The average molecular weight is 393 g/mol. The van der Waals surface area contributed by atoms with Crippen molar-refractivity contribution in [2.45, 2.75) is 6.54 Å². The molecule has 0 aliphatic rings. The third-order valence-electron chi connectivity index (χ3n) is 4.11. The number of pyridine rings is 1. The zero-order valence-electron chi connectivity index (χ0n) is 16.3. The maximum atomic E-state index is 12.1. The highest BCUT2D eigenvalue weighted by Gasteiger charge is 2.08. The summed E-state index contributed by atoms with van der Waals surface area (Å²) in [5, 5.41) is 5.99. The van der Waals surface area contributed by atoms with Crippen molar-refractivity contribution in [1.82, 2.24) is 4.98 Å². The second kappa shape index (κ2) is 9.98. The highest BCUT2D eigenvalue weighted by molar-refractivity contribution is 5.91. The number of anilines is 2. The van der Waals surface area contributed by atoms with Crippen LogP contribution in [0.2, 0.25) is 0 Å². The van der Waals surface area contributed by atoms with Crippen LogP contribution in [0.25, 0.3) is 0 Å². The maximum absolute atomic E-state index is 12.1. The first kappa shape index (κ1) is 20.0. The van der Waals surface area contributed by atoms with Crippen molar-refractivity contribution in [3.63, 3.8) is 0 Å². The Kier molecular flexibility index (Phi) is 6.89. The molecule has 2 N–H and O–H groups in total. The van der Waals surface area contributed by atoms with Gasteiger partial charge in [-0.25, -0.2) is 4.98 Å². The third-order valence-corrected chi connectivity index (χ3v) is 4.11. The molecule has 0 aliphatic carbocycles. The van der Waals surface area contributed by atoms with E-state index in [2.05, 4.69) is 15.6 Å². The van der Waals surface area contributed by atoms with Crippen LogP contribution in [-0.4, -0.2) is 31.7 Å². The summed E-state index contributed by atoms with van der Waals surface area (Å²) in [5.41, 5.74) is 1.97. The predicted octanol–water partition coefficient (Wildman–Crippen LogP) is 3.73. The summed E-state index contributed by atoms with van der Waals surface area (Å²) in [7, 11) is 3.19. The zero-order valence-corrected chi connectivity index (χ0v) is 16.3. The van der Waals surface area contributed by atoms with Crippen LogP contribution in [-0.2, 0) is 11.3 Å². The Balaban J connectivity index is 1.47. The molecule has 0 bridgehead atoms. The number of hydrogen-bond acceptors (Lipinski definition) is 6. The van der Waals surface area contributed by atoms with Gasteiger partial charge in [0, 0.05) is 6.54 Å². The van der Waals surface area contributed by atoms with E-state index in [4.69, 9.17) is 14.2 Å². The molecule has 0 unspecified atom stereocenters. The lowest BCUT2D eigenvalue weighted by Crippen LogP contribution is -2.20. The monoisotopic (exact) mass is 393 g/mol. The topological polar surface area (TPSA) is 81.7 Å². The molecule has 3 rings (SSSR count). The molecule has 1 amide bonds. The van der Waals surface area contributed by atoms with E-state index in [0.29, 0.717) is 23.9 Å². The quantitative estimate of drug-likeness (QED) is 0.577. The fourth-order valence-electron chi connectivity index (χ4n) is 2.58. The van der Waals surface area contributed by atoms with Gasteiger partial charge in [0.1, 0.15) is 11.6 Å². The van der Waals surface area contributed by atoms with Crippen LogP contribution in [0, 0.1) is 0 Å². The van der Waals surface area contributed by atoms with E-state index in [9.17, 15) is 4.79 Å². The molecule has 3 aromatic rings. The van der Waals surface area contributed by atoms with Crippen molar-refractivity contribution in [3.05, 3.63) is 72.4 Å². The average Bonchev–Trinajstić information content (AvgIpc) is 2.77. The van der Waals surface area contributed by atoms with E-state index < -0.39 is 0 Å². The number of hydrogen-bond donors (Lipinski definition) is 2. The fraction of sp³-hybridized carbons (Fsp3) is 0.182. The first-order valence-electron chi connectivity index (χ1n) is 9.06. The highest BCUT2D eigenvalue weighted by Crippen LogP contribution is 2.25. The molecule has 0 saturated carbocycles. The van der Waals surface area contributed by atoms with Crippen LogP contribution in [0.4, 0.5) is 11.5 Å². The second-order valence-electron chi connectivity index (χ2n) is 6.12. The number of carbonyl (C=O) groups is 1. The lowest BCUT2D eigenvalue weighted by molar-refractivity contribution is -0.118. The molecular weight excluding hydrogens is 370 g/mol. The van der Waals surface area contributed by atoms with Crippen molar-refractivity contribution >= 4 is 17.4 Å². The van der Waals surface area contributed by atoms with Crippen LogP contribution in [0.3, 0.4) is 0 Å². The van der Waals surface area contributed by atoms with Gasteiger partial charge in [0.15, 0.2) is 18.1 Å². The van der Waals surface area contributed by atoms with Crippen LogP contribution < -0.4 is 24.8 Å². The van der Waals surface area contributed by atoms with Crippen molar-refractivity contribution in [2.75, 3.05) is 31.5 Å². The number of nitrogens with one attached hydrogen (secondary N) is 2. The first-order valence-corrected chi connectivity index (χ1v) is 9.06. The van der Waals surface area contributed by atoms with E-state index in [1.54, 1.807) is 38.6 Å². The number of aromatic nitrogens is 1. The summed E-state index contributed by atoms with van der Waals surface area (Å²) >= 11 is 0. The van der Waals surface area contributed by atoms with Crippen LogP contribution >= 0.6 is 0 Å². The minimum Gasteiger partial charge on any atom is -0.497 e. The summed E-state index contributed by atoms with van der Waals surface area (Å²) in [4.78, 5) is 16.3. The van der Waals surface area contributed by atoms with Gasteiger partial charge in [-0.3, -0.25) is 4.79 Å². The van der Waals surface area contributed by atoms with E-state index in [1.807, 2.05) is 42.5 Å². The van der Waals surface area contributed by atoms with E-state index in [0.717, 1.165) is 17.0 Å². The Morgan fingerprint density at radius 1 is 0.931 bits per heavy atom. The van der Waals surface area contributed by atoms with Crippen molar-refractivity contribution in [3.8, 4) is 17.2 Å². The molecule has 0 saturated heterocycles. The van der Waals surface area contributed by atoms with E-state index in [-0.39, 0.29) is 12.5 Å². The molecule has 1 heterocycles. The molecule has 7 nitrogen and oxygen atoms in total. The van der Waals surface area contributed by atoms with Gasteiger partial charge in [-0.1, -0.05) is 24.3 Å². The molecule has 0 aliphatic heterocycles. The zero-order chi connectivity index (χ0) is 20.5. The molecule has 7 heteroatoms. The van der Waals surface area contributed by atoms with E-state index in [1.165, 1.54) is 0 Å². The minimum absolute atomic E-state index is 0.139. The molecule has 0 spiro atoms. The Bertz CT molecular complexity index is 928. The summed E-state index contributed by atoms with van der Waals surface area (Å²) in [6.45, 7) is 0.518. The largest absolute Gasteiger partial charge is 0.497 e. The number of ether oxygens (including phenoxy) is 3. The van der Waals surface area contributed by atoms with Gasteiger partial charge in [0.25, 0.3) is 5.91 Å². The van der Waals surface area contributed by atoms with Gasteiger partial charge >= 0.3 is 0 Å². The number of carbonyl (C=O) groups excluding carboxylic acids is 1. The van der Waals surface area contributed by atoms with Crippen molar-refractivity contribution in [1.29, 1.82) is 0 Å². The van der Waals surface area contributed by atoms with Gasteiger partial charge in [-0.15, -0.1) is 0 Å². The van der Waals surface area contributed by atoms with Gasteiger partial charge in [-0.2, -0.15) is 0 Å². The molecule has 150 valence electrons. The predicted molar refractivity (Wildman–Crippen MR) is 112 cm³/mol. The number of benzene rings is 2. The van der Waals surface area contributed by atoms with Crippen LogP contribution in [0.1, 0.15) is 5.56 Å². The highest BCUT2D eigenvalue weighted by atomic mass is 16.5. The van der Waals surface area contributed by atoms with Crippen molar-refractivity contribution < 1.29 is 19.0 Å². The fourth-order valence-corrected chi connectivity index (χ4v) is 2.58. The summed E-state index contributed by atoms with van der Waals surface area (Å²) < 4.78 is 15.8. The lowest BCUT2D eigenvalue weighted by atomic mass is 10.2. The number of para-hydroxylation sites is 2. The molecule has 29 heavy (non-hydrogen) atoms. The number of rotatable bonds is 9. The molecule has 0 radical (unpaired) electrons. The number of methoxy groups -OCH3 is 2. The number of amides is 1. The smallest absolute Gasteiger partial charge is 0.263 e. The van der Waals surface area contributed by atoms with E-state index >= 15 is 0 Å². The summed E-state index contributed by atoms with van der Waals surface area (Å²) in [6, 6.07) is 18.6. The van der Waals surface area contributed by atoms with Crippen LogP contribution in [0.15, 0.2) is 66.9 Å². The Hall–Kier alpha value is -3.74. The maximum Gasteiger partial charge on any atom is 0.263 e. The van der Waals surface area contributed by atoms with Gasteiger partial charge in [0.05, 0.1) is 26.1 Å². The van der Waals surface area contributed by atoms with Gasteiger partial charge < -0.3 is 24.8 Å². The minimum atomic E-state index is -0.303. The first-order chi connectivity index (χ1) is 14.2. The second-order valence-corrected chi connectivity index (χ2v) is 6.12. The Labute approximate surface area is 169 Å². The SMILES string of the molecule is COc1ccc(CNc2ccc(NC(=O)COc3ccccc3OC)nc2)cc1. The van der Waals surface area contributed by atoms with Crippen molar-refractivity contribution in [2.24, 2.45) is 0 Å². The molecular formula is C22H23N3O4. The lowest BCUT2D eigenvalue weighted by Gasteiger charge is -2.11. The summed E-state index contributed by atoms with van der Waals surface area (Å²) in [6.07, 6.45) is 1.67. The third kappa shape index (κ3) is 5.87. The van der Waals surface area contributed by atoms with Gasteiger partial charge in [-0.05, 0) is 42.0 Å². The Morgan fingerprint density at radius 3 is 2.34 bits per heavy atom. The molecule has 2 aromatic carbocycles. The summed E-state index contributed by atoms with van der Waals surface area (Å²) in [5.74, 6) is 2.06. The normalized spacial score (nSPS) is 10.1.